The molecule has 6 heteroatoms. The van der Waals surface area contributed by atoms with Crippen molar-refractivity contribution in [3.05, 3.63) is 33.0 Å². The second kappa shape index (κ2) is 5.54. The third kappa shape index (κ3) is 2.86. The minimum Gasteiger partial charge on any atom is -0.353 e. The predicted octanol–water partition coefficient (Wildman–Crippen LogP) is 2.19. The van der Waals surface area contributed by atoms with Crippen LogP contribution in [0.4, 0.5) is 5.95 Å². The summed E-state index contributed by atoms with van der Waals surface area (Å²) in [6.07, 6.45) is 2.14. The molecule has 0 aliphatic carbocycles. The van der Waals surface area contributed by atoms with Crippen molar-refractivity contribution in [2.45, 2.75) is 18.9 Å². The Balaban J connectivity index is 1.85. The van der Waals surface area contributed by atoms with Gasteiger partial charge in [0.25, 0.3) is 5.56 Å². The Morgan fingerprint density at radius 3 is 2.90 bits per heavy atom. The molecule has 5 nitrogen and oxygen atoms in total. The molecule has 0 atom stereocenters. The Labute approximate surface area is 125 Å². The zero-order chi connectivity index (χ0) is 14.1. The van der Waals surface area contributed by atoms with E-state index in [4.69, 9.17) is 0 Å². The number of aromatic amines is 1. The lowest BCUT2D eigenvalue weighted by molar-refractivity contribution is 0.263. The second-order valence-electron chi connectivity index (χ2n) is 5.30. The molecular weight excluding hydrogens is 320 g/mol. The van der Waals surface area contributed by atoms with Crippen LogP contribution in [0.2, 0.25) is 0 Å². The van der Waals surface area contributed by atoms with Crippen LogP contribution in [0.5, 0.6) is 0 Å². The van der Waals surface area contributed by atoms with Gasteiger partial charge in [0.1, 0.15) is 0 Å². The third-order valence-corrected chi connectivity index (χ3v) is 4.22. The average molecular weight is 337 g/mol. The molecule has 0 amide bonds. The van der Waals surface area contributed by atoms with Crippen LogP contribution in [-0.2, 0) is 0 Å². The topological polar surface area (TPSA) is 61.0 Å². The van der Waals surface area contributed by atoms with Gasteiger partial charge < -0.3 is 10.2 Å². The van der Waals surface area contributed by atoms with E-state index in [0.717, 1.165) is 30.4 Å². The Morgan fingerprint density at radius 2 is 2.15 bits per heavy atom. The van der Waals surface area contributed by atoms with Crippen molar-refractivity contribution in [1.29, 1.82) is 0 Å². The number of halogens is 1. The average Bonchev–Trinajstić information content (AvgIpc) is 2.42. The Morgan fingerprint density at radius 1 is 1.40 bits per heavy atom. The van der Waals surface area contributed by atoms with Gasteiger partial charge in [0.2, 0.25) is 5.95 Å². The van der Waals surface area contributed by atoms with Gasteiger partial charge in [-0.05, 0) is 51.2 Å². The van der Waals surface area contributed by atoms with Gasteiger partial charge in [-0.15, -0.1) is 0 Å². The fourth-order valence-electron chi connectivity index (χ4n) is 2.53. The summed E-state index contributed by atoms with van der Waals surface area (Å²) in [7, 11) is 2.13. The summed E-state index contributed by atoms with van der Waals surface area (Å²) in [5, 5.41) is 3.95. The largest absolute Gasteiger partial charge is 0.353 e. The molecule has 2 heterocycles. The van der Waals surface area contributed by atoms with Crippen LogP contribution in [0.3, 0.4) is 0 Å². The highest BCUT2D eigenvalue weighted by Gasteiger charge is 2.17. The van der Waals surface area contributed by atoms with E-state index in [2.05, 4.69) is 43.2 Å². The molecule has 1 aliphatic heterocycles. The number of fused-ring (bicyclic) bond motifs is 1. The van der Waals surface area contributed by atoms with Gasteiger partial charge in [-0.3, -0.25) is 9.78 Å². The second-order valence-corrected chi connectivity index (χ2v) is 6.21. The minimum atomic E-state index is -0.105. The number of nitrogens with zero attached hydrogens (tertiary/aromatic N) is 2. The molecule has 0 bridgehead atoms. The molecule has 106 valence electrons. The molecule has 0 unspecified atom stereocenters. The maximum absolute atomic E-state index is 12.1. The summed E-state index contributed by atoms with van der Waals surface area (Å²) >= 11 is 3.37. The molecule has 2 N–H and O–H groups in total. The molecular formula is C14H17BrN4O. The van der Waals surface area contributed by atoms with Crippen LogP contribution in [0, 0.1) is 0 Å². The highest BCUT2D eigenvalue weighted by atomic mass is 79.9. The Bertz CT molecular complexity index is 676. The van der Waals surface area contributed by atoms with Crippen LogP contribution in [-0.4, -0.2) is 41.0 Å². The van der Waals surface area contributed by atoms with Gasteiger partial charge in [-0.25, -0.2) is 4.98 Å². The normalized spacial score (nSPS) is 17.5. The molecule has 0 radical (unpaired) electrons. The predicted molar refractivity (Wildman–Crippen MR) is 84.2 cm³/mol. The molecule has 1 saturated heterocycles. The van der Waals surface area contributed by atoms with Crippen LogP contribution in [0.1, 0.15) is 12.8 Å². The molecule has 1 fully saturated rings. The summed E-state index contributed by atoms with van der Waals surface area (Å²) < 4.78 is 0.883. The number of rotatable bonds is 2. The first kappa shape index (κ1) is 13.6. The van der Waals surface area contributed by atoms with Gasteiger partial charge in [-0.1, -0.05) is 15.9 Å². The van der Waals surface area contributed by atoms with E-state index in [1.54, 1.807) is 6.07 Å². The number of H-pyrrole nitrogens is 1. The zero-order valence-corrected chi connectivity index (χ0v) is 12.9. The summed E-state index contributed by atoms with van der Waals surface area (Å²) in [4.78, 5) is 21.7. The van der Waals surface area contributed by atoms with Gasteiger partial charge >= 0.3 is 0 Å². The molecule has 0 saturated carbocycles. The van der Waals surface area contributed by atoms with Gasteiger partial charge in [0.15, 0.2) is 0 Å². The SMILES string of the molecule is CN1CCC(Nc2nc3ccc(Br)cc3c(=O)[nH]2)CC1. The monoisotopic (exact) mass is 336 g/mol. The van der Waals surface area contributed by atoms with Crippen molar-refractivity contribution in [3.8, 4) is 0 Å². The summed E-state index contributed by atoms with van der Waals surface area (Å²) in [5.74, 6) is 0.569. The van der Waals surface area contributed by atoms with E-state index < -0.39 is 0 Å². The van der Waals surface area contributed by atoms with Gasteiger partial charge in [-0.2, -0.15) is 0 Å². The van der Waals surface area contributed by atoms with Crippen LogP contribution >= 0.6 is 15.9 Å². The van der Waals surface area contributed by atoms with E-state index in [1.807, 2.05) is 12.1 Å². The van der Waals surface area contributed by atoms with Crippen molar-refractivity contribution in [2.24, 2.45) is 0 Å². The molecule has 3 rings (SSSR count). The quantitative estimate of drug-likeness (QED) is 0.882. The number of piperidine rings is 1. The number of hydrogen-bond donors (Lipinski definition) is 2. The number of anilines is 1. The smallest absolute Gasteiger partial charge is 0.260 e. The first-order chi connectivity index (χ1) is 9.61. The van der Waals surface area contributed by atoms with E-state index in [0.29, 0.717) is 22.9 Å². The zero-order valence-electron chi connectivity index (χ0n) is 11.3. The standard InChI is InChI=1S/C14H17BrN4O/c1-19-6-4-10(5-7-19)16-14-17-12-3-2-9(15)8-11(12)13(20)18-14/h2-3,8,10H,4-7H2,1H3,(H2,16,17,18,20). The molecule has 1 aromatic heterocycles. The van der Waals surface area contributed by atoms with Crippen LogP contribution in [0.25, 0.3) is 10.9 Å². The number of hydrogen-bond acceptors (Lipinski definition) is 4. The Kier molecular flexibility index (Phi) is 3.76. The van der Waals surface area contributed by atoms with Crippen molar-refractivity contribution in [1.82, 2.24) is 14.9 Å². The maximum atomic E-state index is 12.1. The lowest BCUT2D eigenvalue weighted by atomic mass is 10.1. The summed E-state index contributed by atoms with van der Waals surface area (Å²) in [6, 6.07) is 5.92. The van der Waals surface area contributed by atoms with E-state index in [-0.39, 0.29) is 5.56 Å². The van der Waals surface area contributed by atoms with Crippen molar-refractivity contribution < 1.29 is 0 Å². The summed E-state index contributed by atoms with van der Waals surface area (Å²) in [6.45, 7) is 2.14. The summed E-state index contributed by atoms with van der Waals surface area (Å²) in [5.41, 5.74) is 0.610. The van der Waals surface area contributed by atoms with E-state index in [1.165, 1.54) is 0 Å². The first-order valence-corrected chi connectivity index (χ1v) is 7.56. The number of aromatic nitrogens is 2. The fraction of sp³-hybridized carbons (Fsp3) is 0.429. The first-order valence-electron chi connectivity index (χ1n) is 6.76. The molecule has 1 aromatic carbocycles. The van der Waals surface area contributed by atoms with Gasteiger partial charge in [0.05, 0.1) is 10.9 Å². The van der Waals surface area contributed by atoms with Crippen LogP contribution in [0.15, 0.2) is 27.5 Å². The van der Waals surface area contributed by atoms with Gasteiger partial charge in [0, 0.05) is 10.5 Å². The lowest BCUT2D eigenvalue weighted by Crippen LogP contribution is -2.37. The van der Waals surface area contributed by atoms with E-state index >= 15 is 0 Å². The van der Waals surface area contributed by atoms with E-state index in [9.17, 15) is 4.79 Å². The number of nitrogens with one attached hydrogen (secondary N) is 2. The number of likely N-dealkylation sites (tertiary alicyclic amines) is 1. The van der Waals surface area contributed by atoms with Crippen molar-refractivity contribution >= 4 is 32.8 Å². The third-order valence-electron chi connectivity index (χ3n) is 3.73. The molecule has 0 spiro atoms. The minimum absolute atomic E-state index is 0.105. The molecule has 20 heavy (non-hydrogen) atoms. The lowest BCUT2D eigenvalue weighted by Gasteiger charge is -2.29. The Hall–Kier alpha value is -1.40. The molecule has 2 aromatic rings. The fourth-order valence-corrected chi connectivity index (χ4v) is 2.89. The van der Waals surface area contributed by atoms with Crippen molar-refractivity contribution in [3.63, 3.8) is 0 Å². The van der Waals surface area contributed by atoms with Crippen LogP contribution < -0.4 is 10.9 Å². The maximum Gasteiger partial charge on any atom is 0.260 e. The molecule has 1 aliphatic rings. The van der Waals surface area contributed by atoms with Crippen molar-refractivity contribution in [2.75, 3.05) is 25.5 Å². The number of benzene rings is 1. The highest BCUT2D eigenvalue weighted by Crippen LogP contribution is 2.17. The highest BCUT2D eigenvalue weighted by molar-refractivity contribution is 9.10.